The zero-order chi connectivity index (χ0) is 20.3. The van der Waals surface area contributed by atoms with Gasteiger partial charge in [0.15, 0.2) is 0 Å². The van der Waals surface area contributed by atoms with Crippen LogP contribution >= 0.6 is 11.8 Å². The summed E-state index contributed by atoms with van der Waals surface area (Å²) in [5, 5.41) is 3.60. The molecule has 0 fully saturated rings. The van der Waals surface area contributed by atoms with Gasteiger partial charge in [-0.1, -0.05) is 60.7 Å². The predicted molar refractivity (Wildman–Crippen MR) is 125 cm³/mol. The van der Waals surface area contributed by atoms with Gasteiger partial charge in [0.05, 0.1) is 5.54 Å². The number of nitrogens with one attached hydrogen (secondary N) is 1. The van der Waals surface area contributed by atoms with Crippen LogP contribution in [0.1, 0.15) is 25.0 Å². The van der Waals surface area contributed by atoms with Gasteiger partial charge < -0.3 is 5.32 Å². The lowest BCUT2D eigenvalue weighted by Gasteiger charge is -2.32. The largest absolute Gasteiger partial charge is 0.376 e. The van der Waals surface area contributed by atoms with Crippen molar-refractivity contribution in [2.45, 2.75) is 25.8 Å². The summed E-state index contributed by atoms with van der Waals surface area (Å²) in [4.78, 5) is 0. The van der Waals surface area contributed by atoms with E-state index in [0.717, 1.165) is 29.2 Å². The molecular formula is C26H26FNS. The molecule has 0 unspecified atom stereocenters. The number of rotatable bonds is 6. The van der Waals surface area contributed by atoms with Gasteiger partial charge in [-0.3, -0.25) is 0 Å². The molecule has 1 aliphatic rings. The molecule has 0 aliphatic carbocycles. The second-order valence-corrected chi connectivity index (χ2v) is 9.15. The molecule has 1 nitrogen and oxygen atoms in total. The molecule has 0 atom stereocenters. The van der Waals surface area contributed by atoms with Crippen molar-refractivity contribution < 1.29 is 4.39 Å². The molecule has 29 heavy (non-hydrogen) atoms. The van der Waals surface area contributed by atoms with E-state index in [9.17, 15) is 4.39 Å². The van der Waals surface area contributed by atoms with Crippen LogP contribution in [0.2, 0.25) is 0 Å². The third-order valence-electron chi connectivity index (χ3n) is 5.18. The fourth-order valence-electron chi connectivity index (χ4n) is 3.81. The molecule has 1 aliphatic heterocycles. The summed E-state index contributed by atoms with van der Waals surface area (Å²) in [6.07, 6.45) is 3.39. The smallest absolute Gasteiger partial charge is 0.131 e. The summed E-state index contributed by atoms with van der Waals surface area (Å²) < 4.78 is 14.3. The summed E-state index contributed by atoms with van der Waals surface area (Å²) in [7, 11) is 0. The van der Waals surface area contributed by atoms with Crippen molar-refractivity contribution >= 4 is 23.0 Å². The molecule has 0 saturated carbocycles. The van der Waals surface area contributed by atoms with Gasteiger partial charge in [-0.05, 0) is 60.9 Å². The fraction of sp³-hybridized carbons (Fsp3) is 0.231. The molecule has 148 valence electrons. The van der Waals surface area contributed by atoms with Crippen LogP contribution < -0.4 is 5.32 Å². The Morgan fingerprint density at radius 3 is 2.45 bits per heavy atom. The maximum absolute atomic E-state index is 14.3. The number of halogens is 1. The minimum absolute atomic E-state index is 0.0954. The van der Waals surface area contributed by atoms with E-state index in [1.807, 2.05) is 30.0 Å². The van der Waals surface area contributed by atoms with Crippen molar-refractivity contribution in [1.82, 2.24) is 0 Å². The molecule has 0 aromatic heterocycles. The van der Waals surface area contributed by atoms with Crippen LogP contribution in [0.3, 0.4) is 0 Å². The second kappa shape index (κ2) is 8.46. The lowest BCUT2D eigenvalue weighted by Crippen LogP contribution is -2.32. The first-order chi connectivity index (χ1) is 14.0. The quantitative estimate of drug-likeness (QED) is 0.442. The van der Waals surface area contributed by atoms with Crippen LogP contribution in [-0.4, -0.2) is 17.0 Å². The first kappa shape index (κ1) is 19.8. The van der Waals surface area contributed by atoms with Gasteiger partial charge in [0.25, 0.3) is 0 Å². The van der Waals surface area contributed by atoms with Gasteiger partial charge in [-0.15, -0.1) is 0 Å². The zero-order valence-electron chi connectivity index (χ0n) is 16.9. The number of aryl methyl sites for hydroxylation is 1. The molecule has 0 spiro atoms. The number of hydrogen-bond acceptors (Lipinski definition) is 2. The highest BCUT2D eigenvalue weighted by Gasteiger charge is 2.24. The van der Waals surface area contributed by atoms with Crippen LogP contribution in [0, 0.1) is 5.82 Å². The van der Waals surface area contributed by atoms with Gasteiger partial charge in [0.2, 0.25) is 0 Å². The molecule has 3 aromatic carbocycles. The van der Waals surface area contributed by atoms with Gasteiger partial charge in [0, 0.05) is 22.6 Å². The van der Waals surface area contributed by atoms with Crippen molar-refractivity contribution in [2.24, 2.45) is 0 Å². The second-order valence-electron chi connectivity index (χ2n) is 8.04. The van der Waals surface area contributed by atoms with E-state index >= 15 is 0 Å². The Bertz CT molecular complexity index is 1020. The van der Waals surface area contributed by atoms with E-state index in [-0.39, 0.29) is 11.4 Å². The summed E-state index contributed by atoms with van der Waals surface area (Å²) >= 11 is 1.95. The molecule has 1 heterocycles. The maximum atomic E-state index is 14.3. The monoisotopic (exact) mass is 403 g/mol. The third-order valence-corrected chi connectivity index (χ3v) is 6.19. The molecule has 4 rings (SSSR count). The average molecular weight is 404 g/mol. The van der Waals surface area contributed by atoms with E-state index < -0.39 is 0 Å². The Kier molecular flexibility index (Phi) is 5.77. The zero-order valence-corrected chi connectivity index (χ0v) is 17.7. The van der Waals surface area contributed by atoms with E-state index in [0.29, 0.717) is 5.56 Å². The van der Waals surface area contributed by atoms with E-state index in [2.05, 4.69) is 67.7 Å². The fourth-order valence-corrected chi connectivity index (χ4v) is 4.80. The Labute approximate surface area is 177 Å². The van der Waals surface area contributed by atoms with Crippen molar-refractivity contribution in [1.29, 1.82) is 0 Å². The van der Waals surface area contributed by atoms with Crippen LogP contribution in [-0.2, 0) is 6.42 Å². The number of anilines is 1. The first-order valence-electron chi connectivity index (χ1n) is 10.0. The van der Waals surface area contributed by atoms with Crippen molar-refractivity contribution in [3.8, 4) is 11.1 Å². The van der Waals surface area contributed by atoms with Gasteiger partial charge in [-0.25, -0.2) is 4.39 Å². The number of hydrogen-bond donors (Lipinski definition) is 1. The van der Waals surface area contributed by atoms with Gasteiger partial charge in [-0.2, -0.15) is 11.8 Å². The molecule has 1 N–H and O–H groups in total. The predicted octanol–water partition coefficient (Wildman–Crippen LogP) is 7.06. The molecular weight excluding hydrogens is 377 g/mol. The standard InChI is InChI=1S/C26H26FNS/c1-26(2)17-21(18-29-15-14-19-8-4-3-5-9-19)23-16-20(12-13-25(23)28-26)22-10-6-7-11-24(22)27/h3-13,16-17,28H,14-15,18H2,1-2H3. The van der Waals surface area contributed by atoms with Crippen molar-refractivity contribution in [2.75, 3.05) is 16.8 Å². The van der Waals surface area contributed by atoms with Crippen molar-refractivity contribution in [3.05, 3.63) is 95.8 Å². The Balaban J connectivity index is 1.55. The highest BCUT2D eigenvalue weighted by atomic mass is 32.2. The first-order valence-corrected chi connectivity index (χ1v) is 11.2. The average Bonchev–Trinajstić information content (AvgIpc) is 2.71. The maximum Gasteiger partial charge on any atom is 0.131 e. The molecule has 0 amide bonds. The topological polar surface area (TPSA) is 12.0 Å². The molecule has 3 heteroatoms. The Hall–Kier alpha value is -2.52. The van der Waals surface area contributed by atoms with E-state index in [1.54, 1.807) is 6.07 Å². The molecule has 0 bridgehead atoms. The van der Waals surface area contributed by atoms with Crippen molar-refractivity contribution in [3.63, 3.8) is 0 Å². The Morgan fingerprint density at radius 1 is 0.897 bits per heavy atom. The Morgan fingerprint density at radius 2 is 1.66 bits per heavy atom. The minimum atomic E-state index is -0.181. The number of benzene rings is 3. The number of thioether (sulfide) groups is 1. The van der Waals surface area contributed by atoms with E-state index in [1.165, 1.54) is 22.8 Å². The lowest BCUT2D eigenvalue weighted by atomic mass is 9.89. The van der Waals surface area contributed by atoms with Crippen LogP contribution in [0.4, 0.5) is 10.1 Å². The van der Waals surface area contributed by atoms with Crippen LogP contribution in [0.5, 0.6) is 0 Å². The summed E-state index contributed by atoms with van der Waals surface area (Å²) in [6.45, 7) is 4.38. The molecule has 0 saturated heterocycles. The highest BCUT2D eigenvalue weighted by molar-refractivity contribution is 7.99. The van der Waals surface area contributed by atoms with Crippen LogP contribution in [0.25, 0.3) is 16.7 Å². The lowest BCUT2D eigenvalue weighted by molar-refractivity contribution is 0.631. The normalized spacial score (nSPS) is 14.7. The third kappa shape index (κ3) is 4.73. The number of fused-ring (bicyclic) bond motifs is 1. The molecule has 0 radical (unpaired) electrons. The van der Waals surface area contributed by atoms with Gasteiger partial charge in [0.1, 0.15) is 5.82 Å². The minimum Gasteiger partial charge on any atom is -0.376 e. The van der Waals surface area contributed by atoms with Crippen LogP contribution in [0.15, 0.2) is 78.9 Å². The van der Waals surface area contributed by atoms with E-state index in [4.69, 9.17) is 0 Å². The summed E-state index contributed by atoms with van der Waals surface area (Å²) in [5.74, 6) is 1.85. The highest BCUT2D eigenvalue weighted by Crippen LogP contribution is 2.38. The van der Waals surface area contributed by atoms with Gasteiger partial charge >= 0.3 is 0 Å². The summed E-state index contributed by atoms with van der Waals surface area (Å²) in [6, 6.07) is 23.8. The molecule has 3 aromatic rings. The summed E-state index contributed by atoms with van der Waals surface area (Å²) in [5.41, 5.74) is 6.47. The SMILES string of the molecule is CC1(C)C=C(CSCCc2ccccc2)c2cc(-c3ccccc3F)ccc2N1.